The lowest BCUT2D eigenvalue weighted by Crippen LogP contribution is -2.21. The largest absolute Gasteiger partial charge is 0.462 e. The quantitative estimate of drug-likeness (QED) is 0.512. The molecule has 1 aromatic heterocycles. The van der Waals surface area contributed by atoms with E-state index in [-0.39, 0.29) is 18.1 Å². The van der Waals surface area contributed by atoms with E-state index in [9.17, 15) is 14.4 Å². The number of amides is 1. The zero-order valence-corrected chi connectivity index (χ0v) is 16.3. The molecule has 0 aliphatic heterocycles. The zero-order valence-electron chi connectivity index (χ0n) is 16.3. The molecule has 29 heavy (non-hydrogen) atoms. The summed E-state index contributed by atoms with van der Waals surface area (Å²) < 4.78 is 6.80. The Morgan fingerprint density at radius 2 is 1.86 bits per heavy atom. The highest BCUT2D eigenvalue weighted by Gasteiger charge is 2.16. The smallest absolute Gasteiger partial charge is 0.343 e. The van der Waals surface area contributed by atoms with Gasteiger partial charge in [-0.25, -0.2) is 4.79 Å². The van der Waals surface area contributed by atoms with Crippen LogP contribution in [-0.4, -0.2) is 23.1 Å². The Morgan fingerprint density at radius 1 is 1.10 bits per heavy atom. The van der Waals surface area contributed by atoms with Crippen molar-refractivity contribution in [2.75, 3.05) is 11.9 Å². The van der Waals surface area contributed by atoms with Gasteiger partial charge in [0, 0.05) is 29.9 Å². The van der Waals surface area contributed by atoms with Gasteiger partial charge >= 0.3 is 5.97 Å². The van der Waals surface area contributed by atoms with Gasteiger partial charge in [-0.15, -0.1) is 0 Å². The first-order valence-electron chi connectivity index (χ1n) is 9.42. The number of nitrogens with zero attached hydrogens (tertiary/aromatic N) is 1. The van der Waals surface area contributed by atoms with Gasteiger partial charge in [0.15, 0.2) is 0 Å². The maximum Gasteiger partial charge on any atom is 0.343 e. The third kappa shape index (κ3) is 4.60. The molecule has 6 heteroatoms. The molecule has 0 saturated heterocycles. The molecule has 0 aliphatic rings. The molecule has 148 valence electrons. The highest BCUT2D eigenvalue weighted by molar-refractivity contribution is 6.03. The summed E-state index contributed by atoms with van der Waals surface area (Å²) in [5, 5.41) is 3.10. The van der Waals surface area contributed by atoms with Crippen LogP contribution in [0.5, 0.6) is 0 Å². The summed E-state index contributed by atoms with van der Waals surface area (Å²) in [4.78, 5) is 37.2. The van der Waals surface area contributed by atoms with Crippen molar-refractivity contribution >= 4 is 34.5 Å². The Labute approximate surface area is 168 Å². The van der Waals surface area contributed by atoms with Crippen molar-refractivity contribution < 1.29 is 14.3 Å². The Morgan fingerprint density at radius 3 is 2.55 bits per heavy atom. The molecule has 0 saturated carbocycles. The number of ether oxygens (including phenoxy) is 1. The molecule has 2 aromatic carbocycles. The van der Waals surface area contributed by atoms with Crippen LogP contribution in [0.15, 0.2) is 65.6 Å². The first-order chi connectivity index (χ1) is 14.0. The number of hydrogen-bond donors (Lipinski definition) is 1. The van der Waals surface area contributed by atoms with E-state index < -0.39 is 11.4 Å². The Hall–Kier alpha value is -3.67. The van der Waals surface area contributed by atoms with Crippen LogP contribution in [0.4, 0.5) is 5.69 Å². The molecule has 3 aromatic rings. The average molecular weight is 390 g/mol. The van der Waals surface area contributed by atoms with E-state index in [2.05, 4.69) is 5.32 Å². The van der Waals surface area contributed by atoms with Crippen molar-refractivity contribution in [3.05, 3.63) is 82.2 Å². The number of rotatable bonds is 6. The van der Waals surface area contributed by atoms with E-state index in [1.807, 2.05) is 41.8 Å². The van der Waals surface area contributed by atoms with Crippen LogP contribution in [-0.2, 0) is 16.1 Å². The van der Waals surface area contributed by atoms with E-state index in [1.54, 1.807) is 31.2 Å². The maximum absolute atomic E-state index is 12.8. The van der Waals surface area contributed by atoms with E-state index in [1.165, 1.54) is 12.3 Å². The number of aromatic nitrogens is 1. The van der Waals surface area contributed by atoms with E-state index in [0.717, 1.165) is 5.56 Å². The summed E-state index contributed by atoms with van der Waals surface area (Å²) in [5.41, 5.74) is 1.63. The average Bonchev–Trinajstić information content (AvgIpc) is 2.74. The lowest BCUT2D eigenvalue weighted by Gasteiger charge is -2.12. The second-order valence-corrected chi connectivity index (χ2v) is 6.34. The third-order valence-corrected chi connectivity index (χ3v) is 4.41. The molecule has 1 amide bonds. The fourth-order valence-electron chi connectivity index (χ4n) is 3.01. The molecule has 1 N–H and O–H groups in total. The second kappa shape index (κ2) is 9.01. The Bertz CT molecular complexity index is 1130. The van der Waals surface area contributed by atoms with Crippen LogP contribution in [0.2, 0.25) is 0 Å². The van der Waals surface area contributed by atoms with Gasteiger partial charge in [-0.3, -0.25) is 9.59 Å². The SMILES string of the molecule is CCOC(=O)c1cn(CC)c2ccc(NC(=O)/C=C/c3ccccc3)cc2c1=O. The summed E-state index contributed by atoms with van der Waals surface area (Å²) in [6.07, 6.45) is 4.65. The zero-order chi connectivity index (χ0) is 20.8. The van der Waals surface area contributed by atoms with Crippen molar-refractivity contribution in [3.63, 3.8) is 0 Å². The topological polar surface area (TPSA) is 77.4 Å². The number of carbonyl (C=O) groups is 2. The number of aryl methyl sites for hydroxylation is 1. The molecule has 0 unspecified atom stereocenters. The lowest BCUT2D eigenvalue weighted by atomic mass is 10.1. The van der Waals surface area contributed by atoms with E-state index in [4.69, 9.17) is 4.74 Å². The van der Waals surface area contributed by atoms with E-state index >= 15 is 0 Å². The summed E-state index contributed by atoms with van der Waals surface area (Å²) in [7, 11) is 0. The van der Waals surface area contributed by atoms with Crippen molar-refractivity contribution in [2.24, 2.45) is 0 Å². The number of benzene rings is 2. The molecular weight excluding hydrogens is 368 g/mol. The maximum atomic E-state index is 12.8. The van der Waals surface area contributed by atoms with Crippen molar-refractivity contribution in [3.8, 4) is 0 Å². The highest BCUT2D eigenvalue weighted by Crippen LogP contribution is 2.18. The summed E-state index contributed by atoms with van der Waals surface area (Å²) in [6.45, 7) is 4.37. The number of fused-ring (bicyclic) bond motifs is 1. The number of nitrogens with one attached hydrogen (secondary N) is 1. The number of pyridine rings is 1. The fourth-order valence-corrected chi connectivity index (χ4v) is 3.01. The standard InChI is InChI=1S/C23H22N2O4/c1-3-25-15-19(23(28)29-4-2)22(27)18-14-17(11-12-20(18)25)24-21(26)13-10-16-8-6-5-7-9-16/h5-15H,3-4H2,1-2H3,(H,24,26)/b13-10+. The van der Waals surface area contributed by atoms with Crippen molar-refractivity contribution in [1.29, 1.82) is 0 Å². The monoisotopic (exact) mass is 390 g/mol. The first-order valence-corrected chi connectivity index (χ1v) is 9.42. The van der Waals surface area contributed by atoms with Crippen molar-refractivity contribution in [1.82, 2.24) is 4.57 Å². The molecule has 6 nitrogen and oxygen atoms in total. The number of carbonyl (C=O) groups excluding carboxylic acids is 2. The number of esters is 1. The van der Waals surface area contributed by atoms with E-state index in [0.29, 0.717) is 23.1 Å². The minimum atomic E-state index is -0.651. The van der Waals surface area contributed by atoms with Crippen LogP contribution >= 0.6 is 0 Å². The van der Waals surface area contributed by atoms with Gasteiger partial charge in [-0.05, 0) is 43.7 Å². The van der Waals surface area contributed by atoms with Crippen LogP contribution in [0.3, 0.4) is 0 Å². The molecule has 0 spiro atoms. The molecule has 0 fully saturated rings. The number of hydrogen-bond acceptors (Lipinski definition) is 4. The minimum Gasteiger partial charge on any atom is -0.462 e. The molecule has 0 atom stereocenters. The molecule has 0 bridgehead atoms. The molecule has 0 radical (unpaired) electrons. The predicted octanol–water partition coefficient (Wildman–Crippen LogP) is 3.85. The highest BCUT2D eigenvalue weighted by atomic mass is 16.5. The summed E-state index contributed by atoms with van der Waals surface area (Å²) in [5.74, 6) is -0.965. The van der Waals surface area contributed by atoms with Crippen molar-refractivity contribution in [2.45, 2.75) is 20.4 Å². The summed E-state index contributed by atoms with van der Waals surface area (Å²) in [6, 6.07) is 14.5. The summed E-state index contributed by atoms with van der Waals surface area (Å²) >= 11 is 0. The molecule has 3 rings (SSSR count). The molecule has 0 aliphatic carbocycles. The van der Waals surface area contributed by atoms with Gasteiger partial charge in [0.1, 0.15) is 5.56 Å². The third-order valence-electron chi connectivity index (χ3n) is 4.41. The fraction of sp³-hybridized carbons (Fsp3) is 0.174. The Kier molecular flexibility index (Phi) is 6.24. The molecule has 1 heterocycles. The van der Waals surface area contributed by atoms with Gasteiger partial charge < -0.3 is 14.6 Å². The Balaban J connectivity index is 1.93. The van der Waals surface area contributed by atoms with Crippen LogP contribution in [0.1, 0.15) is 29.8 Å². The van der Waals surface area contributed by atoms with Crippen LogP contribution < -0.4 is 10.7 Å². The van der Waals surface area contributed by atoms with Gasteiger partial charge in [-0.1, -0.05) is 30.3 Å². The predicted molar refractivity (Wildman–Crippen MR) is 114 cm³/mol. The minimum absolute atomic E-state index is 0.0198. The van der Waals surface area contributed by atoms with Gasteiger partial charge in [-0.2, -0.15) is 0 Å². The normalized spacial score (nSPS) is 11.0. The lowest BCUT2D eigenvalue weighted by molar-refractivity contribution is -0.111. The van der Waals surface area contributed by atoms with Crippen LogP contribution in [0, 0.1) is 0 Å². The van der Waals surface area contributed by atoms with Gasteiger partial charge in [0.25, 0.3) is 0 Å². The first kappa shape index (κ1) is 20.1. The van der Waals surface area contributed by atoms with Gasteiger partial charge in [0.2, 0.25) is 11.3 Å². The van der Waals surface area contributed by atoms with Crippen LogP contribution in [0.25, 0.3) is 17.0 Å². The van der Waals surface area contributed by atoms with Gasteiger partial charge in [0.05, 0.1) is 12.1 Å². The second-order valence-electron chi connectivity index (χ2n) is 6.34. The number of anilines is 1. The molecular formula is C23H22N2O4.